The molecule has 10 heteroatoms. The molecule has 1 unspecified atom stereocenters. The Morgan fingerprint density at radius 3 is 2.38 bits per heavy atom. The van der Waals surface area contributed by atoms with Crippen LogP contribution in [0, 0.1) is 0 Å². The average Bonchev–Trinajstić information content (AvgIpc) is 2.58. The first-order valence-corrected chi connectivity index (χ1v) is 7.19. The van der Waals surface area contributed by atoms with E-state index in [-0.39, 0.29) is 23.4 Å². The van der Waals surface area contributed by atoms with Gasteiger partial charge in [0.05, 0.1) is 0 Å². The van der Waals surface area contributed by atoms with Crippen molar-refractivity contribution in [3.63, 3.8) is 0 Å². The van der Waals surface area contributed by atoms with Crippen molar-refractivity contribution in [1.29, 1.82) is 0 Å². The van der Waals surface area contributed by atoms with E-state index in [0.717, 1.165) is 9.47 Å². The highest BCUT2D eigenvalue weighted by Crippen LogP contribution is 2.22. The Labute approximate surface area is 135 Å². The number of fused-ring (bicyclic) bond motifs is 1. The highest BCUT2D eigenvalue weighted by Gasteiger charge is 2.38. The number of carbonyl (C=O) groups excluding carboxylic acids is 2. The van der Waals surface area contributed by atoms with Crippen molar-refractivity contribution in [2.24, 2.45) is 14.1 Å². The van der Waals surface area contributed by atoms with Crippen molar-refractivity contribution in [2.45, 2.75) is 5.92 Å². The van der Waals surface area contributed by atoms with E-state index >= 15 is 0 Å². The van der Waals surface area contributed by atoms with Crippen LogP contribution in [-0.2, 0) is 18.9 Å². The normalized spacial score (nSPS) is 18.6. The first-order chi connectivity index (χ1) is 11.2. The Morgan fingerprint density at radius 2 is 1.71 bits per heavy atom. The Balaban J connectivity index is 2.19. The number of imide groups is 1. The fourth-order valence-electron chi connectivity index (χ4n) is 2.75. The lowest BCUT2D eigenvalue weighted by atomic mass is 10.0. The van der Waals surface area contributed by atoms with E-state index in [9.17, 15) is 19.2 Å². The molecule has 0 aliphatic carbocycles. The monoisotopic (exact) mass is 332 g/mol. The van der Waals surface area contributed by atoms with Crippen molar-refractivity contribution in [1.82, 2.24) is 28.9 Å². The number of aromatic nitrogens is 4. The molecule has 0 radical (unpaired) electrons. The maximum Gasteiger partial charge on any atom is 0.332 e. The highest BCUT2D eigenvalue weighted by atomic mass is 16.2. The summed E-state index contributed by atoms with van der Waals surface area (Å²) >= 11 is 0. The summed E-state index contributed by atoms with van der Waals surface area (Å²) in [7, 11) is 5.83. The first kappa shape index (κ1) is 15.8. The van der Waals surface area contributed by atoms with E-state index in [0.29, 0.717) is 0 Å². The number of likely N-dealkylation sites (N-methyl/N-ethyl adjacent to an activating group) is 2. The zero-order valence-corrected chi connectivity index (χ0v) is 13.7. The molecule has 0 saturated carbocycles. The molecular formula is C14H16N6O4. The summed E-state index contributed by atoms with van der Waals surface area (Å²) in [6.07, 6.45) is 1.31. The highest BCUT2D eigenvalue weighted by molar-refractivity contribution is 5.99. The van der Waals surface area contributed by atoms with Crippen molar-refractivity contribution in [2.75, 3.05) is 20.6 Å². The third-order valence-corrected chi connectivity index (χ3v) is 4.22. The van der Waals surface area contributed by atoms with Gasteiger partial charge in [0.25, 0.3) is 5.56 Å². The fourth-order valence-corrected chi connectivity index (χ4v) is 2.75. The topological polar surface area (TPSA) is 110 Å². The molecule has 1 aliphatic heterocycles. The van der Waals surface area contributed by atoms with Gasteiger partial charge >= 0.3 is 11.7 Å². The average molecular weight is 332 g/mol. The van der Waals surface area contributed by atoms with Gasteiger partial charge < -0.3 is 4.90 Å². The second-order valence-corrected chi connectivity index (χ2v) is 5.78. The van der Waals surface area contributed by atoms with E-state index in [2.05, 4.69) is 9.97 Å². The van der Waals surface area contributed by atoms with Gasteiger partial charge in [0, 0.05) is 40.9 Å². The molecule has 1 aliphatic rings. The minimum Gasteiger partial charge on any atom is -0.326 e. The van der Waals surface area contributed by atoms with Gasteiger partial charge in [0.2, 0.25) is 5.91 Å². The molecule has 3 heterocycles. The number of aryl methyl sites for hydroxylation is 1. The summed E-state index contributed by atoms with van der Waals surface area (Å²) in [4.78, 5) is 59.1. The van der Waals surface area contributed by atoms with Crippen LogP contribution in [0.3, 0.4) is 0 Å². The van der Waals surface area contributed by atoms with Crippen LogP contribution >= 0.6 is 0 Å². The maximum atomic E-state index is 12.4. The standard InChI is InChI=1S/C14H16N6O4/c1-17-6-8(12(22)19(3)13(17)23)9-15-5-7-10(16-9)18(2)14(24)20(4)11(7)21/h5,8H,6H2,1-4H3. The summed E-state index contributed by atoms with van der Waals surface area (Å²) in [5.74, 6) is -1.01. The molecule has 1 saturated heterocycles. The number of hydrogen-bond acceptors (Lipinski definition) is 6. The van der Waals surface area contributed by atoms with Crippen LogP contribution in [0.4, 0.5) is 4.79 Å². The minimum absolute atomic E-state index is 0.131. The summed E-state index contributed by atoms with van der Waals surface area (Å²) in [6.45, 7) is 0.131. The molecule has 2 aromatic rings. The SMILES string of the molecule is CN1CC(c2ncc3c(=O)n(C)c(=O)n(C)c3n2)C(=O)N(C)C1=O. The quantitative estimate of drug-likeness (QED) is 0.637. The van der Waals surface area contributed by atoms with Gasteiger partial charge in [-0.05, 0) is 0 Å². The van der Waals surface area contributed by atoms with Crippen molar-refractivity contribution >= 4 is 23.0 Å². The van der Waals surface area contributed by atoms with Crippen LogP contribution in [0.15, 0.2) is 15.8 Å². The predicted molar refractivity (Wildman–Crippen MR) is 83.6 cm³/mol. The summed E-state index contributed by atoms with van der Waals surface area (Å²) in [5, 5.41) is 0.185. The van der Waals surface area contributed by atoms with Gasteiger partial charge in [-0.15, -0.1) is 0 Å². The van der Waals surface area contributed by atoms with Gasteiger partial charge in [-0.1, -0.05) is 0 Å². The summed E-state index contributed by atoms with van der Waals surface area (Å²) in [5.41, 5.74) is -0.862. The molecule has 24 heavy (non-hydrogen) atoms. The van der Waals surface area contributed by atoms with Gasteiger partial charge in [-0.3, -0.25) is 23.6 Å². The van der Waals surface area contributed by atoms with E-state index < -0.39 is 29.1 Å². The molecule has 10 nitrogen and oxygen atoms in total. The minimum atomic E-state index is -0.749. The van der Waals surface area contributed by atoms with Crippen LogP contribution in [0.25, 0.3) is 11.0 Å². The molecule has 0 bridgehead atoms. The molecule has 3 rings (SSSR count). The van der Waals surface area contributed by atoms with Crippen LogP contribution in [0.2, 0.25) is 0 Å². The molecule has 2 aromatic heterocycles. The van der Waals surface area contributed by atoms with Crippen LogP contribution < -0.4 is 11.2 Å². The first-order valence-electron chi connectivity index (χ1n) is 7.19. The molecule has 3 amide bonds. The number of nitrogens with zero attached hydrogens (tertiary/aromatic N) is 6. The summed E-state index contributed by atoms with van der Waals surface area (Å²) < 4.78 is 2.20. The van der Waals surface area contributed by atoms with Crippen LogP contribution in [-0.4, -0.2) is 61.5 Å². The Kier molecular flexibility index (Phi) is 3.47. The maximum absolute atomic E-state index is 12.4. The van der Waals surface area contributed by atoms with Crippen LogP contribution in [0.5, 0.6) is 0 Å². The second kappa shape index (κ2) is 5.25. The van der Waals surface area contributed by atoms with E-state index in [1.165, 1.54) is 36.8 Å². The predicted octanol–water partition coefficient (Wildman–Crippen LogP) is -1.37. The zero-order chi connectivity index (χ0) is 17.8. The van der Waals surface area contributed by atoms with Crippen molar-refractivity contribution in [3.8, 4) is 0 Å². The molecule has 1 fully saturated rings. The van der Waals surface area contributed by atoms with Crippen molar-refractivity contribution in [3.05, 3.63) is 32.9 Å². The van der Waals surface area contributed by atoms with E-state index in [4.69, 9.17) is 0 Å². The van der Waals surface area contributed by atoms with Gasteiger partial charge in [-0.2, -0.15) is 0 Å². The molecule has 0 spiro atoms. The molecular weight excluding hydrogens is 316 g/mol. The van der Waals surface area contributed by atoms with Gasteiger partial charge in [0.15, 0.2) is 5.65 Å². The summed E-state index contributed by atoms with van der Waals surface area (Å²) in [6, 6.07) is -0.404. The van der Waals surface area contributed by atoms with E-state index in [1.54, 1.807) is 7.05 Å². The molecule has 0 N–H and O–H groups in total. The zero-order valence-electron chi connectivity index (χ0n) is 13.7. The lowest BCUT2D eigenvalue weighted by Crippen LogP contribution is -2.52. The molecule has 126 valence electrons. The number of hydrogen-bond donors (Lipinski definition) is 0. The Hall–Kier alpha value is -3.04. The lowest BCUT2D eigenvalue weighted by molar-refractivity contribution is -0.131. The number of carbonyl (C=O) groups is 2. The number of amides is 3. The third kappa shape index (κ3) is 2.10. The Morgan fingerprint density at radius 1 is 1.04 bits per heavy atom. The van der Waals surface area contributed by atoms with Gasteiger partial charge in [-0.25, -0.2) is 19.6 Å². The van der Waals surface area contributed by atoms with Crippen LogP contribution in [0.1, 0.15) is 11.7 Å². The lowest BCUT2D eigenvalue weighted by Gasteiger charge is -2.33. The van der Waals surface area contributed by atoms with E-state index in [1.807, 2.05) is 0 Å². The Bertz CT molecular complexity index is 991. The van der Waals surface area contributed by atoms with Gasteiger partial charge in [0.1, 0.15) is 17.1 Å². The fraction of sp³-hybridized carbons (Fsp3) is 0.429. The third-order valence-electron chi connectivity index (χ3n) is 4.22. The number of rotatable bonds is 1. The number of urea groups is 1. The smallest absolute Gasteiger partial charge is 0.326 e. The second-order valence-electron chi connectivity index (χ2n) is 5.78. The molecule has 1 atom stereocenters. The van der Waals surface area contributed by atoms with Crippen molar-refractivity contribution < 1.29 is 9.59 Å². The molecule has 0 aromatic carbocycles. The largest absolute Gasteiger partial charge is 0.332 e.